The average molecular weight is 401 g/mol. The Morgan fingerprint density at radius 1 is 1.29 bits per heavy atom. The number of pyridine rings is 1. The molecule has 0 saturated carbocycles. The zero-order valence-electron chi connectivity index (χ0n) is 15.2. The van der Waals surface area contributed by atoms with Gasteiger partial charge in [0.1, 0.15) is 11.3 Å². The summed E-state index contributed by atoms with van der Waals surface area (Å²) in [4.78, 5) is 8.71. The molecular weight excluding hydrogens is 383 g/mol. The molecular formula is C18H18ClFN8. The van der Waals surface area contributed by atoms with Crippen LogP contribution in [0.25, 0.3) is 11.7 Å². The number of halogens is 2. The van der Waals surface area contributed by atoms with E-state index < -0.39 is 5.82 Å². The largest absolute Gasteiger partial charge is 0.311 e. The molecule has 0 aliphatic rings. The fraction of sp³-hybridized carbons (Fsp3) is 0.222. The number of aryl methyl sites for hydroxylation is 1. The van der Waals surface area contributed by atoms with E-state index in [1.165, 1.54) is 6.07 Å². The smallest absolute Gasteiger partial charge is 0.167 e. The second-order valence-corrected chi connectivity index (χ2v) is 6.71. The standard InChI is InChI=1S/C18H18ClFN8/c1-3-26-8-14(23-12(26)2)10-28-9-13(24-25-28)6-21-7-16-18-17(20)15(19)4-5-27(18)11-22-16/h3-5,8-9,11,21H,1,6-7,10H2,2H3. The third-order valence-electron chi connectivity index (χ3n) is 4.34. The van der Waals surface area contributed by atoms with E-state index in [2.05, 4.69) is 32.2 Å². The van der Waals surface area contributed by atoms with Crippen LogP contribution < -0.4 is 5.32 Å². The van der Waals surface area contributed by atoms with Gasteiger partial charge in [0.15, 0.2) is 5.82 Å². The fourth-order valence-electron chi connectivity index (χ4n) is 3.00. The van der Waals surface area contributed by atoms with Gasteiger partial charge < -0.3 is 14.3 Å². The lowest BCUT2D eigenvalue weighted by atomic mass is 10.3. The summed E-state index contributed by atoms with van der Waals surface area (Å²) in [7, 11) is 0. The zero-order chi connectivity index (χ0) is 19.7. The monoisotopic (exact) mass is 400 g/mol. The molecule has 28 heavy (non-hydrogen) atoms. The molecule has 0 aromatic carbocycles. The van der Waals surface area contributed by atoms with Gasteiger partial charge in [-0.25, -0.2) is 19.0 Å². The second kappa shape index (κ2) is 7.53. The summed E-state index contributed by atoms with van der Waals surface area (Å²) < 4.78 is 19.4. The first kappa shape index (κ1) is 18.3. The van der Waals surface area contributed by atoms with Crippen LogP contribution in [0, 0.1) is 12.7 Å². The Balaban J connectivity index is 1.38. The molecule has 10 heteroatoms. The highest BCUT2D eigenvalue weighted by Gasteiger charge is 2.12. The van der Waals surface area contributed by atoms with Crippen molar-refractivity contribution in [1.29, 1.82) is 0 Å². The van der Waals surface area contributed by atoms with E-state index in [4.69, 9.17) is 11.6 Å². The molecule has 0 atom stereocenters. The van der Waals surface area contributed by atoms with E-state index in [1.54, 1.807) is 27.8 Å². The predicted molar refractivity (Wildman–Crippen MR) is 103 cm³/mol. The molecule has 4 aromatic heterocycles. The van der Waals surface area contributed by atoms with Gasteiger partial charge in [-0.3, -0.25) is 0 Å². The highest BCUT2D eigenvalue weighted by Crippen LogP contribution is 2.21. The Hall–Kier alpha value is -3.04. The van der Waals surface area contributed by atoms with Gasteiger partial charge in [-0.1, -0.05) is 23.4 Å². The van der Waals surface area contributed by atoms with Crippen molar-refractivity contribution in [3.05, 3.63) is 71.3 Å². The summed E-state index contributed by atoms with van der Waals surface area (Å²) in [6.45, 7) is 7.03. The van der Waals surface area contributed by atoms with Crippen LogP contribution in [0.5, 0.6) is 0 Å². The van der Waals surface area contributed by atoms with Crippen molar-refractivity contribution in [3.63, 3.8) is 0 Å². The van der Waals surface area contributed by atoms with Crippen LogP contribution in [0.3, 0.4) is 0 Å². The fourth-order valence-corrected chi connectivity index (χ4v) is 3.14. The minimum Gasteiger partial charge on any atom is -0.311 e. The molecule has 4 rings (SSSR count). The first-order chi connectivity index (χ1) is 13.5. The normalized spacial score (nSPS) is 11.4. The zero-order valence-corrected chi connectivity index (χ0v) is 15.9. The highest BCUT2D eigenvalue weighted by molar-refractivity contribution is 6.31. The number of fused-ring (bicyclic) bond motifs is 1. The van der Waals surface area contributed by atoms with Gasteiger partial charge >= 0.3 is 0 Å². The summed E-state index contributed by atoms with van der Waals surface area (Å²) in [6.07, 6.45) is 8.70. The lowest BCUT2D eigenvalue weighted by molar-refractivity contribution is 0.626. The van der Waals surface area contributed by atoms with Crippen LogP contribution in [-0.2, 0) is 19.6 Å². The second-order valence-electron chi connectivity index (χ2n) is 6.31. The van der Waals surface area contributed by atoms with Crippen molar-refractivity contribution >= 4 is 23.3 Å². The first-order valence-corrected chi connectivity index (χ1v) is 8.99. The van der Waals surface area contributed by atoms with Gasteiger partial charge in [0.25, 0.3) is 0 Å². The van der Waals surface area contributed by atoms with Crippen LogP contribution in [-0.4, -0.2) is 33.9 Å². The molecule has 0 saturated heterocycles. The Morgan fingerprint density at radius 2 is 2.14 bits per heavy atom. The van der Waals surface area contributed by atoms with Gasteiger partial charge in [0.05, 0.1) is 41.2 Å². The van der Waals surface area contributed by atoms with Crippen molar-refractivity contribution in [2.24, 2.45) is 0 Å². The number of aromatic nitrogens is 7. The van der Waals surface area contributed by atoms with Crippen LogP contribution in [0.15, 0.2) is 37.6 Å². The Bertz CT molecular complexity index is 1140. The lowest BCUT2D eigenvalue weighted by Crippen LogP contribution is -2.13. The number of rotatable bonds is 7. The number of nitrogens with zero attached hydrogens (tertiary/aromatic N) is 7. The van der Waals surface area contributed by atoms with Crippen molar-refractivity contribution in [2.75, 3.05) is 0 Å². The summed E-state index contributed by atoms with van der Waals surface area (Å²) in [5.74, 6) is 0.394. The topological polar surface area (TPSA) is 77.9 Å². The lowest BCUT2D eigenvalue weighted by Gasteiger charge is -2.03. The van der Waals surface area contributed by atoms with Gasteiger partial charge in [-0.05, 0) is 13.0 Å². The Morgan fingerprint density at radius 3 is 2.93 bits per heavy atom. The first-order valence-electron chi connectivity index (χ1n) is 8.61. The summed E-state index contributed by atoms with van der Waals surface area (Å²) in [5.41, 5.74) is 2.59. The summed E-state index contributed by atoms with van der Waals surface area (Å²) >= 11 is 5.87. The number of imidazole rings is 2. The molecule has 0 fully saturated rings. The predicted octanol–water partition coefficient (Wildman–Crippen LogP) is 2.66. The maximum atomic E-state index is 14.2. The molecule has 0 unspecified atom stereocenters. The van der Waals surface area contributed by atoms with Crippen LogP contribution >= 0.6 is 11.6 Å². The minimum absolute atomic E-state index is 0.0753. The average Bonchev–Trinajstić information content (AvgIpc) is 3.38. The number of hydrogen-bond donors (Lipinski definition) is 1. The van der Waals surface area contributed by atoms with Gasteiger partial charge in [-0.15, -0.1) is 5.10 Å². The van der Waals surface area contributed by atoms with Crippen molar-refractivity contribution in [1.82, 2.24) is 39.2 Å². The van der Waals surface area contributed by atoms with E-state index in [0.29, 0.717) is 30.8 Å². The molecule has 0 aliphatic heterocycles. The van der Waals surface area contributed by atoms with Crippen molar-refractivity contribution < 1.29 is 4.39 Å². The molecule has 1 N–H and O–H groups in total. The van der Waals surface area contributed by atoms with E-state index >= 15 is 0 Å². The highest BCUT2D eigenvalue weighted by atomic mass is 35.5. The molecule has 0 radical (unpaired) electrons. The van der Waals surface area contributed by atoms with Gasteiger partial charge in [0.2, 0.25) is 0 Å². The third kappa shape index (κ3) is 3.54. The third-order valence-corrected chi connectivity index (χ3v) is 4.63. The molecule has 8 nitrogen and oxygen atoms in total. The molecule has 4 aromatic rings. The van der Waals surface area contributed by atoms with Crippen LogP contribution in [0.1, 0.15) is 22.9 Å². The van der Waals surface area contributed by atoms with Gasteiger partial charge in [0, 0.05) is 31.7 Å². The molecule has 0 bridgehead atoms. The van der Waals surface area contributed by atoms with Gasteiger partial charge in [-0.2, -0.15) is 0 Å². The van der Waals surface area contributed by atoms with Crippen molar-refractivity contribution in [3.8, 4) is 0 Å². The van der Waals surface area contributed by atoms with Crippen molar-refractivity contribution in [2.45, 2.75) is 26.6 Å². The van der Waals surface area contributed by atoms with Crippen LogP contribution in [0.2, 0.25) is 5.02 Å². The van der Waals surface area contributed by atoms with E-state index in [9.17, 15) is 4.39 Å². The van der Waals surface area contributed by atoms with Crippen LogP contribution in [0.4, 0.5) is 4.39 Å². The van der Waals surface area contributed by atoms with E-state index in [1.807, 2.05) is 23.9 Å². The van der Waals surface area contributed by atoms with E-state index in [-0.39, 0.29) is 5.02 Å². The quantitative estimate of drug-likeness (QED) is 0.516. The Kier molecular flexibility index (Phi) is 4.93. The molecule has 4 heterocycles. The molecule has 0 spiro atoms. The maximum absolute atomic E-state index is 14.2. The molecule has 144 valence electrons. The molecule has 0 aliphatic carbocycles. The number of hydrogen-bond acceptors (Lipinski definition) is 5. The SMILES string of the molecule is C=Cn1cc(Cn2cc(CNCc3ncn4ccc(Cl)c(F)c34)nn2)nc1C. The summed E-state index contributed by atoms with van der Waals surface area (Å²) in [5, 5.41) is 11.6. The summed E-state index contributed by atoms with van der Waals surface area (Å²) in [6, 6.07) is 1.50. The Labute approximate surface area is 165 Å². The van der Waals surface area contributed by atoms with E-state index in [0.717, 1.165) is 17.2 Å². The minimum atomic E-state index is -0.473. The number of nitrogens with one attached hydrogen (secondary N) is 1. The maximum Gasteiger partial charge on any atom is 0.167 e. The molecule has 0 amide bonds.